The highest BCUT2D eigenvalue weighted by Crippen LogP contribution is 2.33. The zero-order chi connectivity index (χ0) is 22.2. The molecule has 0 saturated carbocycles. The first-order chi connectivity index (χ1) is 15.0. The summed E-state index contributed by atoms with van der Waals surface area (Å²) in [6.07, 6.45) is 1.95. The van der Waals surface area contributed by atoms with Crippen molar-refractivity contribution in [1.29, 1.82) is 0 Å². The van der Waals surface area contributed by atoms with Gasteiger partial charge in [0.1, 0.15) is 5.75 Å². The topological polar surface area (TPSA) is 69.7 Å². The summed E-state index contributed by atoms with van der Waals surface area (Å²) in [6.45, 7) is 2.58. The van der Waals surface area contributed by atoms with E-state index in [0.717, 1.165) is 27.9 Å². The third-order valence-corrected chi connectivity index (χ3v) is 6.02. The summed E-state index contributed by atoms with van der Waals surface area (Å²) in [5.41, 5.74) is 2.90. The van der Waals surface area contributed by atoms with Crippen molar-refractivity contribution in [2.75, 3.05) is 26.1 Å². The number of rotatable bonds is 10. The summed E-state index contributed by atoms with van der Waals surface area (Å²) < 4.78 is 17.3. The van der Waals surface area contributed by atoms with E-state index in [4.69, 9.17) is 14.2 Å². The molecule has 0 spiro atoms. The number of anilines is 1. The summed E-state index contributed by atoms with van der Waals surface area (Å²) in [5.74, 6) is 1.99. The number of ether oxygens (including phenoxy) is 3. The van der Waals surface area contributed by atoms with E-state index < -0.39 is 0 Å². The van der Waals surface area contributed by atoms with E-state index >= 15 is 0 Å². The van der Waals surface area contributed by atoms with Gasteiger partial charge in [-0.25, -0.2) is 4.98 Å². The lowest BCUT2D eigenvalue weighted by Crippen LogP contribution is -2.12. The van der Waals surface area contributed by atoms with Crippen molar-refractivity contribution < 1.29 is 19.0 Å². The number of carbonyl (C=O) groups is 1. The summed E-state index contributed by atoms with van der Waals surface area (Å²) >= 11 is 4.91. The number of halogens is 1. The van der Waals surface area contributed by atoms with E-state index in [9.17, 15) is 4.79 Å². The third kappa shape index (κ3) is 6.21. The molecule has 0 saturated heterocycles. The fourth-order valence-corrected chi connectivity index (χ4v) is 4.21. The Hall–Kier alpha value is -2.58. The SMILES string of the molecule is CCc1ccc(OCCCC(=O)Nc2nc(-c3ccc(OC)c(OC)c3)cs2)c(Br)c1. The lowest BCUT2D eigenvalue weighted by molar-refractivity contribution is -0.116. The van der Waals surface area contributed by atoms with Crippen LogP contribution in [0.1, 0.15) is 25.3 Å². The molecule has 3 rings (SSSR count). The van der Waals surface area contributed by atoms with E-state index in [2.05, 4.69) is 39.2 Å². The molecule has 0 aliphatic rings. The molecular weight excluding hydrogens is 480 g/mol. The van der Waals surface area contributed by atoms with E-state index in [-0.39, 0.29) is 5.91 Å². The molecule has 8 heteroatoms. The molecular formula is C23H25BrN2O4S. The van der Waals surface area contributed by atoms with Crippen molar-refractivity contribution in [2.45, 2.75) is 26.2 Å². The number of aryl methyl sites for hydroxylation is 1. The molecule has 1 aromatic heterocycles. The number of carbonyl (C=O) groups excluding carboxylic acids is 1. The molecule has 164 valence electrons. The predicted molar refractivity (Wildman–Crippen MR) is 128 cm³/mol. The zero-order valence-corrected chi connectivity index (χ0v) is 20.1. The quantitative estimate of drug-likeness (QED) is 0.345. The molecule has 0 aliphatic carbocycles. The summed E-state index contributed by atoms with van der Waals surface area (Å²) in [6, 6.07) is 11.7. The Balaban J connectivity index is 1.49. The highest BCUT2D eigenvalue weighted by atomic mass is 79.9. The maximum Gasteiger partial charge on any atom is 0.226 e. The minimum atomic E-state index is -0.0859. The average Bonchev–Trinajstić information content (AvgIpc) is 3.25. The number of nitrogens with one attached hydrogen (secondary N) is 1. The summed E-state index contributed by atoms with van der Waals surface area (Å²) in [5, 5.41) is 5.32. The second-order valence-electron chi connectivity index (χ2n) is 6.73. The van der Waals surface area contributed by atoms with Crippen LogP contribution in [-0.2, 0) is 11.2 Å². The van der Waals surface area contributed by atoms with Crippen molar-refractivity contribution in [3.05, 3.63) is 51.8 Å². The molecule has 31 heavy (non-hydrogen) atoms. The van der Waals surface area contributed by atoms with Crippen LogP contribution < -0.4 is 19.5 Å². The smallest absolute Gasteiger partial charge is 0.226 e. The van der Waals surface area contributed by atoms with E-state index in [0.29, 0.717) is 36.1 Å². The Morgan fingerprint density at radius 3 is 2.58 bits per heavy atom. The molecule has 0 radical (unpaired) electrons. The van der Waals surface area contributed by atoms with Gasteiger partial charge in [-0.15, -0.1) is 11.3 Å². The van der Waals surface area contributed by atoms with E-state index in [1.54, 1.807) is 14.2 Å². The number of hydrogen-bond acceptors (Lipinski definition) is 6. The van der Waals surface area contributed by atoms with Crippen LogP contribution in [-0.4, -0.2) is 31.7 Å². The standard InChI is InChI=1S/C23H25BrN2O4S/c1-4-15-7-9-19(17(24)12-15)30-11-5-6-22(27)26-23-25-18(14-31-23)16-8-10-20(28-2)21(13-16)29-3/h7-10,12-14H,4-6,11H2,1-3H3,(H,25,26,27). The molecule has 1 amide bonds. The molecule has 1 N–H and O–H groups in total. The Morgan fingerprint density at radius 2 is 1.87 bits per heavy atom. The first-order valence-electron chi connectivity index (χ1n) is 9.93. The molecule has 0 bridgehead atoms. The summed E-state index contributed by atoms with van der Waals surface area (Å²) in [4.78, 5) is 16.8. The molecule has 0 fully saturated rings. The largest absolute Gasteiger partial charge is 0.493 e. The van der Waals surface area contributed by atoms with Crippen LogP contribution in [0.2, 0.25) is 0 Å². The molecule has 1 heterocycles. The Labute approximate surface area is 194 Å². The van der Waals surface area contributed by atoms with Gasteiger partial charge in [0, 0.05) is 17.4 Å². The molecule has 0 aliphatic heterocycles. The first kappa shape index (κ1) is 23.1. The number of thiazole rings is 1. The van der Waals surface area contributed by atoms with Crippen LogP contribution in [0.25, 0.3) is 11.3 Å². The van der Waals surface area contributed by atoms with Crippen LogP contribution >= 0.6 is 27.3 Å². The first-order valence-corrected chi connectivity index (χ1v) is 11.6. The third-order valence-electron chi connectivity index (χ3n) is 4.64. The molecule has 0 unspecified atom stereocenters. The van der Waals surface area contributed by atoms with Gasteiger partial charge in [-0.2, -0.15) is 0 Å². The second kappa shape index (κ2) is 11.2. The van der Waals surface area contributed by atoms with Gasteiger partial charge in [0.05, 0.1) is 31.0 Å². The van der Waals surface area contributed by atoms with Crippen LogP contribution in [0.3, 0.4) is 0 Å². The minimum Gasteiger partial charge on any atom is -0.493 e. The lowest BCUT2D eigenvalue weighted by atomic mass is 10.1. The number of hydrogen-bond donors (Lipinski definition) is 1. The Morgan fingerprint density at radius 1 is 1.10 bits per heavy atom. The Bertz CT molecular complexity index is 1040. The van der Waals surface area contributed by atoms with Crippen LogP contribution in [0.4, 0.5) is 5.13 Å². The number of amides is 1. The average molecular weight is 505 g/mol. The highest BCUT2D eigenvalue weighted by Gasteiger charge is 2.11. The Kier molecular flexibility index (Phi) is 8.31. The van der Waals surface area contributed by atoms with Gasteiger partial charge in [-0.05, 0) is 64.7 Å². The van der Waals surface area contributed by atoms with Crippen LogP contribution in [0, 0.1) is 0 Å². The van der Waals surface area contributed by atoms with Crippen molar-refractivity contribution in [3.63, 3.8) is 0 Å². The lowest BCUT2D eigenvalue weighted by Gasteiger charge is -2.09. The van der Waals surface area contributed by atoms with Gasteiger partial charge in [0.25, 0.3) is 0 Å². The highest BCUT2D eigenvalue weighted by molar-refractivity contribution is 9.10. The van der Waals surface area contributed by atoms with Gasteiger partial charge in [-0.1, -0.05) is 13.0 Å². The fraction of sp³-hybridized carbons (Fsp3) is 0.304. The number of benzene rings is 2. The van der Waals surface area contributed by atoms with Crippen molar-refractivity contribution >= 4 is 38.3 Å². The maximum absolute atomic E-state index is 12.3. The van der Waals surface area contributed by atoms with Crippen LogP contribution in [0.15, 0.2) is 46.3 Å². The fourth-order valence-electron chi connectivity index (χ4n) is 2.94. The van der Waals surface area contributed by atoms with Gasteiger partial charge in [0.2, 0.25) is 5.91 Å². The van der Waals surface area contributed by atoms with Crippen LogP contribution in [0.5, 0.6) is 17.2 Å². The van der Waals surface area contributed by atoms with E-state index in [1.807, 2.05) is 35.7 Å². The van der Waals surface area contributed by atoms with Gasteiger partial charge < -0.3 is 19.5 Å². The van der Waals surface area contributed by atoms with Gasteiger partial charge in [-0.3, -0.25) is 4.79 Å². The molecule has 3 aromatic rings. The summed E-state index contributed by atoms with van der Waals surface area (Å²) in [7, 11) is 3.19. The van der Waals surface area contributed by atoms with Crippen molar-refractivity contribution in [2.24, 2.45) is 0 Å². The normalized spacial score (nSPS) is 10.6. The van der Waals surface area contributed by atoms with Crippen molar-refractivity contribution in [1.82, 2.24) is 4.98 Å². The monoisotopic (exact) mass is 504 g/mol. The number of aromatic nitrogens is 1. The number of nitrogens with zero attached hydrogens (tertiary/aromatic N) is 1. The molecule has 2 aromatic carbocycles. The predicted octanol–water partition coefficient (Wildman–Crippen LogP) is 5.95. The van der Waals surface area contributed by atoms with Gasteiger partial charge in [0.15, 0.2) is 16.6 Å². The van der Waals surface area contributed by atoms with E-state index in [1.165, 1.54) is 16.9 Å². The van der Waals surface area contributed by atoms with Crippen molar-refractivity contribution in [3.8, 4) is 28.5 Å². The second-order valence-corrected chi connectivity index (χ2v) is 8.44. The molecule has 0 atom stereocenters. The number of methoxy groups -OCH3 is 2. The maximum atomic E-state index is 12.3. The van der Waals surface area contributed by atoms with Gasteiger partial charge >= 0.3 is 0 Å². The molecule has 6 nitrogen and oxygen atoms in total. The zero-order valence-electron chi connectivity index (χ0n) is 17.7. The minimum absolute atomic E-state index is 0.0859.